The van der Waals surface area contributed by atoms with Gasteiger partial charge in [-0.05, 0) is 37.5 Å². The van der Waals surface area contributed by atoms with Crippen molar-refractivity contribution in [1.29, 1.82) is 0 Å². The SMILES string of the molecule is Cl.O=C(O)[C@@]12CCC[C@H]1CN(CC1CCCC1)C2. The lowest BCUT2D eigenvalue weighted by atomic mass is 9.81. The predicted octanol–water partition coefficient (Wildman–Crippen LogP) is 2.79. The number of rotatable bonds is 3. The Balaban J connectivity index is 0.00000120. The summed E-state index contributed by atoms with van der Waals surface area (Å²) < 4.78 is 0. The fourth-order valence-electron chi connectivity index (χ4n) is 4.44. The monoisotopic (exact) mass is 273 g/mol. The number of hydrogen-bond donors (Lipinski definition) is 1. The number of hydrogen-bond acceptors (Lipinski definition) is 2. The molecule has 1 saturated heterocycles. The van der Waals surface area contributed by atoms with Gasteiger partial charge >= 0.3 is 5.97 Å². The van der Waals surface area contributed by atoms with E-state index in [0.717, 1.165) is 44.8 Å². The second-order valence-electron chi connectivity index (χ2n) is 6.40. The van der Waals surface area contributed by atoms with Crippen LogP contribution in [0.5, 0.6) is 0 Å². The van der Waals surface area contributed by atoms with E-state index >= 15 is 0 Å². The van der Waals surface area contributed by atoms with E-state index in [4.69, 9.17) is 0 Å². The number of nitrogens with zero attached hydrogens (tertiary/aromatic N) is 1. The van der Waals surface area contributed by atoms with Crippen molar-refractivity contribution in [2.75, 3.05) is 19.6 Å². The van der Waals surface area contributed by atoms with Gasteiger partial charge in [-0.25, -0.2) is 0 Å². The van der Waals surface area contributed by atoms with Gasteiger partial charge in [0.15, 0.2) is 0 Å². The summed E-state index contributed by atoms with van der Waals surface area (Å²) in [5, 5.41) is 9.53. The molecule has 0 aromatic rings. The highest BCUT2D eigenvalue weighted by Crippen LogP contribution is 2.49. The zero-order chi connectivity index (χ0) is 11.9. The number of fused-ring (bicyclic) bond motifs is 1. The Morgan fingerprint density at radius 3 is 2.56 bits per heavy atom. The van der Waals surface area contributed by atoms with Crippen molar-refractivity contribution in [3.05, 3.63) is 0 Å². The Morgan fingerprint density at radius 1 is 1.22 bits per heavy atom. The van der Waals surface area contributed by atoms with Gasteiger partial charge in [0, 0.05) is 19.6 Å². The Hall–Kier alpha value is -0.280. The second kappa shape index (κ2) is 5.38. The third-order valence-corrected chi connectivity index (χ3v) is 5.36. The largest absolute Gasteiger partial charge is 0.481 e. The van der Waals surface area contributed by atoms with Gasteiger partial charge in [0.05, 0.1) is 5.41 Å². The maximum Gasteiger partial charge on any atom is 0.311 e. The maximum atomic E-state index is 11.6. The van der Waals surface area contributed by atoms with Gasteiger partial charge in [-0.15, -0.1) is 12.4 Å². The highest BCUT2D eigenvalue weighted by molar-refractivity contribution is 5.85. The quantitative estimate of drug-likeness (QED) is 0.860. The second-order valence-corrected chi connectivity index (χ2v) is 6.40. The summed E-state index contributed by atoms with van der Waals surface area (Å²) in [5.41, 5.74) is -0.376. The summed E-state index contributed by atoms with van der Waals surface area (Å²) in [6, 6.07) is 0. The van der Waals surface area contributed by atoms with E-state index in [1.165, 1.54) is 25.7 Å². The minimum atomic E-state index is -0.533. The number of carbonyl (C=O) groups is 1. The van der Waals surface area contributed by atoms with Crippen LogP contribution in [0, 0.1) is 17.3 Å². The van der Waals surface area contributed by atoms with Crippen LogP contribution in [0.4, 0.5) is 0 Å². The lowest BCUT2D eigenvalue weighted by Gasteiger charge is -2.24. The number of carboxylic acid groups (broad SMARTS) is 1. The van der Waals surface area contributed by atoms with Crippen LogP contribution in [-0.2, 0) is 4.79 Å². The molecule has 0 radical (unpaired) electrons. The molecule has 4 heteroatoms. The lowest BCUT2D eigenvalue weighted by Crippen LogP contribution is -2.36. The summed E-state index contributed by atoms with van der Waals surface area (Å²) in [7, 11) is 0. The first-order valence-corrected chi connectivity index (χ1v) is 7.16. The van der Waals surface area contributed by atoms with Crippen LogP contribution in [-0.4, -0.2) is 35.6 Å². The molecule has 2 saturated carbocycles. The van der Waals surface area contributed by atoms with E-state index in [-0.39, 0.29) is 17.8 Å². The summed E-state index contributed by atoms with van der Waals surface area (Å²) >= 11 is 0. The first-order valence-electron chi connectivity index (χ1n) is 7.16. The number of carboxylic acids is 1. The van der Waals surface area contributed by atoms with Gasteiger partial charge in [0.1, 0.15) is 0 Å². The van der Waals surface area contributed by atoms with Crippen molar-refractivity contribution in [2.45, 2.75) is 44.9 Å². The van der Waals surface area contributed by atoms with Crippen LogP contribution in [0.25, 0.3) is 0 Å². The van der Waals surface area contributed by atoms with Crippen LogP contribution >= 0.6 is 12.4 Å². The molecule has 0 spiro atoms. The molecule has 0 aromatic carbocycles. The molecule has 18 heavy (non-hydrogen) atoms. The number of halogens is 1. The molecule has 3 nitrogen and oxygen atoms in total. The van der Waals surface area contributed by atoms with Crippen molar-refractivity contribution >= 4 is 18.4 Å². The molecule has 3 aliphatic rings. The van der Waals surface area contributed by atoms with Gasteiger partial charge in [-0.1, -0.05) is 19.3 Å². The van der Waals surface area contributed by atoms with Crippen molar-refractivity contribution in [2.24, 2.45) is 17.3 Å². The van der Waals surface area contributed by atoms with Gasteiger partial charge in [-0.3, -0.25) is 4.79 Å². The maximum absolute atomic E-state index is 11.6. The molecule has 0 unspecified atom stereocenters. The fraction of sp³-hybridized carbons (Fsp3) is 0.929. The topological polar surface area (TPSA) is 40.5 Å². The third-order valence-electron chi connectivity index (χ3n) is 5.36. The zero-order valence-corrected chi connectivity index (χ0v) is 11.8. The van der Waals surface area contributed by atoms with E-state index in [2.05, 4.69) is 4.90 Å². The standard InChI is InChI=1S/C14H23NO2.ClH/c16-13(17)14-7-3-6-12(14)9-15(10-14)8-11-4-1-2-5-11;/h11-12H,1-10H2,(H,16,17);1H/t12-,14+;/m0./s1. The zero-order valence-electron chi connectivity index (χ0n) is 10.9. The minimum absolute atomic E-state index is 0. The van der Waals surface area contributed by atoms with E-state index in [9.17, 15) is 9.90 Å². The summed E-state index contributed by atoms with van der Waals surface area (Å²) in [4.78, 5) is 14.0. The van der Waals surface area contributed by atoms with Crippen LogP contribution in [0.1, 0.15) is 44.9 Å². The molecule has 0 bridgehead atoms. The summed E-state index contributed by atoms with van der Waals surface area (Å²) in [5.74, 6) is 0.745. The van der Waals surface area contributed by atoms with Crippen molar-refractivity contribution in [3.63, 3.8) is 0 Å². The van der Waals surface area contributed by atoms with Gasteiger partial charge in [-0.2, -0.15) is 0 Å². The van der Waals surface area contributed by atoms with Crippen LogP contribution in [0.15, 0.2) is 0 Å². The first kappa shape index (κ1) is 14.1. The highest BCUT2D eigenvalue weighted by Gasteiger charge is 2.54. The van der Waals surface area contributed by atoms with E-state index in [1.807, 2.05) is 0 Å². The van der Waals surface area contributed by atoms with Crippen LogP contribution in [0.3, 0.4) is 0 Å². The first-order chi connectivity index (χ1) is 8.21. The van der Waals surface area contributed by atoms with Crippen molar-refractivity contribution in [1.82, 2.24) is 4.90 Å². The summed E-state index contributed by atoms with van der Waals surface area (Å²) in [6.07, 6.45) is 8.65. The molecule has 3 rings (SSSR count). The van der Waals surface area contributed by atoms with Crippen LogP contribution in [0.2, 0.25) is 0 Å². The normalized spacial score (nSPS) is 36.6. The van der Waals surface area contributed by atoms with E-state index in [0.29, 0.717) is 5.92 Å². The predicted molar refractivity (Wildman–Crippen MR) is 73.1 cm³/mol. The third kappa shape index (κ3) is 2.27. The molecule has 104 valence electrons. The van der Waals surface area contributed by atoms with E-state index < -0.39 is 5.97 Å². The Labute approximate surface area is 115 Å². The Kier molecular flexibility index (Phi) is 4.22. The summed E-state index contributed by atoms with van der Waals surface area (Å²) in [6.45, 7) is 3.03. The molecule has 1 aliphatic heterocycles. The minimum Gasteiger partial charge on any atom is -0.481 e. The van der Waals surface area contributed by atoms with Crippen LogP contribution < -0.4 is 0 Å². The average molecular weight is 274 g/mol. The molecule has 2 atom stereocenters. The highest BCUT2D eigenvalue weighted by atomic mass is 35.5. The number of likely N-dealkylation sites (tertiary alicyclic amines) is 1. The van der Waals surface area contributed by atoms with Gasteiger partial charge < -0.3 is 10.0 Å². The average Bonchev–Trinajstić information content (AvgIpc) is 2.92. The fourth-order valence-corrected chi connectivity index (χ4v) is 4.44. The van der Waals surface area contributed by atoms with Gasteiger partial charge in [0.2, 0.25) is 0 Å². The number of aliphatic carboxylic acids is 1. The molecule has 0 amide bonds. The Bertz CT molecular complexity index is 317. The van der Waals surface area contributed by atoms with Gasteiger partial charge in [0.25, 0.3) is 0 Å². The lowest BCUT2D eigenvalue weighted by molar-refractivity contribution is -0.149. The molecule has 1 N–H and O–H groups in total. The van der Waals surface area contributed by atoms with E-state index in [1.54, 1.807) is 0 Å². The molecular weight excluding hydrogens is 250 g/mol. The molecule has 2 aliphatic carbocycles. The molecular formula is C14H24ClNO2. The van der Waals surface area contributed by atoms with Crippen molar-refractivity contribution in [3.8, 4) is 0 Å². The Morgan fingerprint density at radius 2 is 1.94 bits per heavy atom. The molecule has 3 fully saturated rings. The van der Waals surface area contributed by atoms with Crippen molar-refractivity contribution < 1.29 is 9.90 Å². The molecule has 0 aromatic heterocycles. The smallest absolute Gasteiger partial charge is 0.311 e. The molecule has 1 heterocycles.